The lowest BCUT2D eigenvalue weighted by Crippen LogP contribution is -2.25. The Morgan fingerprint density at radius 1 is 0.676 bits per heavy atom. The lowest BCUT2D eigenvalue weighted by molar-refractivity contribution is 1.19. The van der Waals surface area contributed by atoms with Crippen LogP contribution in [0.1, 0.15) is 12.5 Å². The molecule has 0 N–H and O–H groups in total. The van der Waals surface area contributed by atoms with Crippen molar-refractivity contribution in [3.63, 3.8) is 0 Å². The fourth-order valence-electron chi connectivity index (χ4n) is 5.60. The molecule has 0 saturated carbocycles. The second-order valence-electron chi connectivity index (χ2n) is 9.48. The summed E-state index contributed by atoms with van der Waals surface area (Å²) in [6.45, 7) is 6.11. The van der Waals surface area contributed by atoms with Crippen molar-refractivity contribution in [2.24, 2.45) is 0 Å². The molecule has 37 heavy (non-hydrogen) atoms. The number of rotatable bonds is 3. The van der Waals surface area contributed by atoms with Gasteiger partial charge in [-0.1, -0.05) is 91.5 Å². The van der Waals surface area contributed by atoms with E-state index in [0.717, 1.165) is 0 Å². The zero-order valence-corrected chi connectivity index (χ0v) is 21.4. The van der Waals surface area contributed by atoms with Gasteiger partial charge in [-0.05, 0) is 64.9 Å². The van der Waals surface area contributed by atoms with Gasteiger partial charge in [0.1, 0.15) is 0 Å². The first-order chi connectivity index (χ1) is 18.2. The first-order valence-electron chi connectivity index (χ1n) is 12.6. The lowest BCUT2D eigenvalue weighted by atomic mass is 10.0. The standard InChI is InChI=1S/C35H25NS/c1-3-10-24-11-4-5-12-27(24)23(2)25-17-20-33-31(21-25)28-13-6-8-15-32(28)36(33)26-18-19-30-29-14-7-9-16-34(29)37-35(30)22-26/h3-22H,1H2,2H3/b24-10-,27-23+. The molecule has 5 aromatic carbocycles. The predicted octanol–water partition coefficient (Wildman–Crippen LogP) is 8.34. The minimum atomic E-state index is 1.19. The number of allylic oxidation sites excluding steroid dienone is 1. The van der Waals surface area contributed by atoms with Crippen LogP contribution in [0.4, 0.5) is 0 Å². The molecule has 0 aliphatic heterocycles. The van der Waals surface area contributed by atoms with Gasteiger partial charge >= 0.3 is 0 Å². The summed E-state index contributed by atoms with van der Waals surface area (Å²) in [7, 11) is 0. The van der Waals surface area contributed by atoms with E-state index in [9.17, 15) is 0 Å². The molecule has 0 aliphatic rings. The number of thiophene rings is 1. The molecule has 0 atom stereocenters. The largest absolute Gasteiger partial charge is 0.309 e. The Morgan fingerprint density at radius 3 is 2.30 bits per heavy atom. The van der Waals surface area contributed by atoms with Crippen LogP contribution >= 0.6 is 11.3 Å². The number of hydrogen-bond acceptors (Lipinski definition) is 1. The minimum absolute atomic E-state index is 1.19. The Hall–Kier alpha value is -4.40. The number of benzene rings is 5. The number of fused-ring (bicyclic) bond motifs is 6. The number of hydrogen-bond donors (Lipinski definition) is 0. The van der Waals surface area contributed by atoms with Crippen LogP contribution in [-0.2, 0) is 0 Å². The number of para-hydroxylation sites is 1. The number of aromatic nitrogens is 1. The van der Waals surface area contributed by atoms with Crippen LogP contribution in [0, 0.1) is 0 Å². The third-order valence-corrected chi connectivity index (χ3v) is 8.52. The Balaban J connectivity index is 1.49. The fraction of sp³-hybridized carbons (Fsp3) is 0.0286. The third kappa shape index (κ3) is 3.45. The molecule has 176 valence electrons. The van der Waals surface area contributed by atoms with Gasteiger partial charge in [-0.2, -0.15) is 0 Å². The molecule has 0 saturated heterocycles. The van der Waals surface area contributed by atoms with Crippen molar-refractivity contribution >= 4 is 65.0 Å². The van der Waals surface area contributed by atoms with Gasteiger partial charge in [0.2, 0.25) is 0 Å². The zero-order chi connectivity index (χ0) is 24.9. The van der Waals surface area contributed by atoms with Crippen LogP contribution in [0.3, 0.4) is 0 Å². The molecule has 0 bridgehead atoms. The SMILES string of the molecule is C=C/C=c1/cccc/c1=C(/C)c1ccc2c(c1)c1ccccc1n2-c1ccc2c(c1)sc1ccccc12. The van der Waals surface area contributed by atoms with Gasteiger partial charge in [0, 0.05) is 36.6 Å². The minimum Gasteiger partial charge on any atom is -0.309 e. The van der Waals surface area contributed by atoms with Crippen molar-refractivity contribution < 1.29 is 0 Å². The van der Waals surface area contributed by atoms with Crippen LogP contribution in [-0.4, -0.2) is 4.57 Å². The van der Waals surface area contributed by atoms with Gasteiger partial charge in [-0.25, -0.2) is 0 Å². The molecule has 0 amide bonds. The maximum absolute atomic E-state index is 3.90. The van der Waals surface area contributed by atoms with Gasteiger partial charge in [0.05, 0.1) is 11.0 Å². The topological polar surface area (TPSA) is 4.93 Å². The summed E-state index contributed by atoms with van der Waals surface area (Å²) >= 11 is 1.87. The van der Waals surface area contributed by atoms with E-state index in [2.05, 4.69) is 133 Å². The van der Waals surface area contributed by atoms with E-state index >= 15 is 0 Å². The summed E-state index contributed by atoms with van der Waals surface area (Å²) in [6.07, 6.45) is 3.93. The summed E-state index contributed by atoms with van der Waals surface area (Å²) in [5, 5.41) is 7.63. The van der Waals surface area contributed by atoms with E-state index in [1.54, 1.807) is 0 Å². The van der Waals surface area contributed by atoms with Crippen molar-refractivity contribution in [2.75, 3.05) is 0 Å². The molecule has 1 nitrogen and oxygen atoms in total. The summed E-state index contributed by atoms with van der Waals surface area (Å²) < 4.78 is 5.06. The van der Waals surface area contributed by atoms with E-state index in [-0.39, 0.29) is 0 Å². The summed E-state index contributed by atoms with van der Waals surface area (Å²) in [5.74, 6) is 0. The van der Waals surface area contributed by atoms with Crippen LogP contribution in [0.25, 0.3) is 59.3 Å². The smallest absolute Gasteiger partial charge is 0.0541 e. The summed E-state index contributed by atoms with van der Waals surface area (Å²) in [5.41, 5.74) is 6.15. The van der Waals surface area contributed by atoms with Crippen molar-refractivity contribution in [1.82, 2.24) is 4.57 Å². The number of nitrogens with zero attached hydrogens (tertiary/aromatic N) is 1. The average Bonchev–Trinajstić information content (AvgIpc) is 3.48. The van der Waals surface area contributed by atoms with Crippen molar-refractivity contribution in [1.29, 1.82) is 0 Å². The van der Waals surface area contributed by atoms with Crippen LogP contribution in [0.15, 0.2) is 122 Å². The molecule has 7 rings (SSSR count). The third-order valence-electron chi connectivity index (χ3n) is 7.39. The zero-order valence-electron chi connectivity index (χ0n) is 20.6. The second kappa shape index (κ2) is 8.62. The molecule has 2 heteroatoms. The van der Waals surface area contributed by atoms with Gasteiger partial charge in [-0.3, -0.25) is 0 Å². The highest BCUT2D eigenvalue weighted by Gasteiger charge is 2.14. The normalized spacial score (nSPS) is 13.2. The van der Waals surface area contributed by atoms with Crippen molar-refractivity contribution in [3.05, 3.63) is 138 Å². The van der Waals surface area contributed by atoms with E-state index in [1.807, 2.05) is 17.4 Å². The van der Waals surface area contributed by atoms with Gasteiger partial charge in [-0.15, -0.1) is 11.3 Å². The molecular weight excluding hydrogens is 466 g/mol. The summed E-state index contributed by atoms with van der Waals surface area (Å²) in [4.78, 5) is 0. The Bertz CT molecular complexity index is 2120. The Kier molecular flexibility index (Phi) is 5.09. The van der Waals surface area contributed by atoms with Gasteiger partial charge < -0.3 is 4.57 Å². The highest BCUT2D eigenvalue weighted by Crippen LogP contribution is 2.38. The molecular formula is C35H25NS. The molecule has 0 spiro atoms. The quantitative estimate of drug-likeness (QED) is 0.234. The average molecular weight is 492 g/mol. The van der Waals surface area contributed by atoms with E-state index in [4.69, 9.17) is 0 Å². The van der Waals surface area contributed by atoms with Gasteiger partial charge in [0.15, 0.2) is 0 Å². The van der Waals surface area contributed by atoms with E-state index in [1.165, 1.54) is 69.2 Å². The first kappa shape index (κ1) is 21.8. The fourth-order valence-corrected chi connectivity index (χ4v) is 6.74. The van der Waals surface area contributed by atoms with Crippen LogP contribution in [0.2, 0.25) is 0 Å². The predicted molar refractivity (Wildman–Crippen MR) is 162 cm³/mol. The summed E-state index contributed by atoms with van der Waals surface area (Å²) in [6, 6.07) is 39.7. The van der Waals surface area contributed by atoms with Crippen LogP contribution < -0.4 is 10.4 Å². The molecule has 2 heterocycles. The highest BCUT2D eigenvalue weighted by molar-refractivity contribution is 7.25. The van der Waals surface area contributed by atoms with Crippen LogP contribution in [0.5, 0.6) is 0 Å². The van der Waals surface area contributed by atoms with Gasteiger partial charge in [0.25, 0.3) is 0 Å². The highest BCUT2D eigenvalue weighted by atomic mass is 32.1. The molecule has 0 unspecified atom stereocenters. The lowest BCUT2D eigenvalue weighted by Gasteiger charge is -2.09. The second-order valence-corrected chi connectivity index (χ2v) is 10.6. The molecule has 7 aromatic rings. The van der Waals surface area contributed by atoms with E-state index < -0.39 is 0 Å². The molecule has 2 aromatic heterocycles. The maximum atomic E-state index is 3.90. The first-order valence-corrected chi connectivity index (χ1v) is 13.4. The molecule has 0 aliphatic carbocycles. The molecule has 0 fully saturated rings. The Morgan fingerprint density at radius 2 is 1.41 bits per heavy atom. The Labute approximate surface area is 219 Å². The maximum Gasteiger partial charge on any atom is 0.0541 e. The van der Waals surface area contributed by atoms with Crippen molar-refractivity contribution in [2.45, 2.75) is 6.92 Å². The van der Waals surface area contributed by atoms with E-state index in [0.29, 0.717) is 0 Å². The molecule has 0 radical (unpaired) electrons. The van der Waals surface area contributed by atoms with Crippen molar-refractivity contribution in [3.8, 4) is 5.69 Å². The monoisotopic (exact) mass is 491 g/mol.